The maximum absolute atomic E-state index is 11.6. The van der Waals surface area contributed by atoms with Crippen LogP contribution in [0.2, 0.25) is 0 Å². The lowest BCUT2D eigenvalue weighted by atomic mass is 10.2. The fourth-order valence-electron chi connectivity index (χ4n) is 1.75. The molecule has 0 saturated heterocycles. The molecule has 0 aliphatic heterocycles. The molecule has 2 rings (SSSR count). The van der Waals surface area contributed by atoms with Crippen LogP contribution in [0, 0.1) is 0 Å². The van der Waals surface area contributed by atoms with Crippen LogP contribution in [0.3, 0.4) is 0 Å². The molecular formula is C15H16BrNO2. The molecule has 0 saturated carbocycles. The molecule has 100 valence electrons. The van der Waals surface area contributed by atoms with Gasteiger partial charge in [-0.1, -0.05) is 30.3 Å². The van der Waals surface area contributed by atoms with Crippen LogP contribution in [0.5, 0.6) is 0 Å². The highest BCUT2D eigenvalue weighted by Gasteiger charge is 2.11. The van der Waals surface area contributed by atoms with Crippen molar-refractivity contribution in [1.82, 2.24) is 0 Å². The Hall–Kier alpha value is -1.68. The van der Waals surface area contributed by atoms with Crippen molar-refractivity contribution in [2.24, 2.45) is 0 Å². The molecule has 0 radical (unpaired) electrons. The quantitative estimate of drug-likeness (QED) is 0.545. The van der Waals surface area contributed by atoms with Gasteiger partial charge < -0.3 is 21.7 Å². The van der Waals surface area contributed by atoms with Crippen molar-refractivity contribution in [3.05, 3.63) is 66.0 Å². The molecule has 3 nitrogen and oxygen atoms in total. The van der Waals surface area contributed by atoms with Gasteiger partial charge in [0.2, 0.25) is 0 Å². The Morgan fingerprint density at radius 2 is 1.89 bits per heavy atom. The molecule has 1 aromatic heterocycles. The first-order chi connectivity index (χ1) is 8.79. The van der Waals surface area contributed by atoms with Gasteiger partial charge in [0.15, 0.2) is 18.9 Å². The maximum atomic E-state index is 11.6. The molecule has 0 amide bonds. The van der Waals surface area contributed by atoms with E-state index in [9.17, 15) is 4.79 Å². The van der Waals surface area contributed by atoms with Gasteiger partial charge in [0.25, 0.3) is 0 Å². The Bertz CT molecular complexity index is 529. The summed E-state index contributed by atoms with van der Waals surface area (Å²) >= 11 is 0. The van der Waals surface area contributed by atoms with Gasteiger partial charge in [0.05, 0.1) is 6.61 Å². The number of hydrogen-bond acceptors (Lipinski definition) is 2. The predicted molar refractivity (Wildman–Crippen MR) is 68.1 cm³/mol. The van der Waals surface area contributed by atoms with Gasteiger partial charge in [-0.2, -0.15) is 4.57 Å². The molecule has 19 heavy (non-hydrogen) atoms. The van der Waals surface area contributed by atoms with Crippen LogP contribution in [0.25, 0.3) is 0 Å². The number of pyridine rings is 1. The summed E-state index contributed by atoms with van der Waals surface area (Å²) in [6.07, 6.45) is 3.75. The molecule has 4 heteroatoms. The van der Waals surface area contributed by atoms with Crippen LogP contribution in [-0.2, 0) is 11.3 Å². The largest absolute Gasteiger partial charge is 1.00 e. The summed E-state index contributed by atoms with van der Waals surface area (Å²) in [5.74, 6) is -0.278. The molecular weight excluding hydrogens is 306 g/mol. The Morgan fingerprint density at radius 3 is 2.58 bits per heavy atom. The average Bonchev–Trinajstić information content (AvgIpc) is 2.40. The van der Waals surface area contributed by atoms with Gasteiger partial charge in [-0.3, -0.25) is 0 Å². The normalized spacial score (nSPS) is 9.53. The van der Waals surface area contributed by atoms with Crippen molar-refractivity contribution in [2.45, 2.75) is 13.5 Å². The number of aromatic nitrogens is 1. The van der Waals surface area contributed by atoms with Crippen molar-refractivity contribution in [1.29, 1.82) is 0 Å². The molecule has 2 aromatic rings. The molecule has 0 fully saturated rings. The Morgan fingerprint density at radius 1 is 1.16 bits per heavy atom. The molecule has 0 aliphatic carbocycles. The van der Waals surface area contributed by atoms with E-state index in [-0.39, 0.29) is 23.0 Å². The number of esters is 1. The zero-order valence-electron chi connectivity index (χ0n) is 10.8. The molecule has 1 aromatic carbocycles. The minimum absolute atomic E-state index is 0. The number of halogens is 1. The topological polar surface area (TPSA) is 30.2 Å². The van der Waals surface area contributed by atoms with E-state index in [0.29, 0.717) is 12.2 Å². The number of benzene rings is 1. The van der Waals surface area contributed by atoms with Crippen molar-refractivity contribution in [2.75, 3.05) is 6.61 Å². The monoisotopic (exact) mass is 321 g/mol. The fraction of sp³-hybridized carbons (Fsp3) is 0.200. The highest BCUT2D eigenvalue weighted by atomic mass is 79.9. The fourth-order valence-corrected chi connectivity index (χ4v) is 1.75. The first-order valence-electron chi connectivity index (χ1n) is 5.99. The van der Waals surface area contributed by atoms with Crippen LogP contribution in [0.4, 0.5) is 0 Å². The zero-order valence-corrected chi connectivity index (χ0v) is 12.3. The highest BCUT2D eigenvalue weighted by molar-refractivity contribution is 5.88. The first kappa shape index (κ1) is 15.4. The predicted octanol–water partition coefficient (Wildman–Crippen LogP) is -0.797. The number of carbonyl (C=O) groups excluding carboxylic acids is 1. The van der Waals surface area contributed by atoms with Crippen LogP contribution < -0.4 is 21.5 Å². The molecule has 0 aliphatic rings. The van der Waals surface area contributed by atoms with Crippen LogP contribution >= 0.6 is 0 Å². The van der Waals surface area contributed by atoms with Crippen LogP contribution in [0.1, 0.15) is 22.8 Å². The smallest absolute Gasteiger partial charge is 0.344 e. The minimum Gasteiger partial charge on any atom is -1.00 e. The second-order valence-electron chi connectivity index (χ2n) is 3.97. The Balaban J connectivity index is 0.00000180. The molecule has 0 unspecified atom stereocenters. The zero-order chi connectivity index (χ0) is 12.8. The third kappa shape index (κ3) is 4.48. The van der Waals surface area contributed by atoms with Gasteiger partial charge in [-0.25, -0.2) is 4.79 Å². The van der Waals surface area contributed by atoms with E-state index in [1.165, 1.54) is 5.56 Å². The Kier molecular flexibility index (Phi) is 6.22. The number of hydrogen-bond donors (Lipinski definition) is 0. The SMILES string of the molecule is CCOC(=O)c1ccc[n+](Cc2ccccc2)c1.[Br-]. The summed E-state index contributed by atoms with van der Waals surface area (Å²) in [6.45, 7) is 2.94. The van der Waals surface area contributed by atoms with Gasteiger partial charge in [-0.15, -0.1) is 0 Å². The van der Waals surface area contributed by atoms with E-state index < -0.39 is 0 Å². The summed E-state index contributed by atoms with van der Waals surface area (Å²) in [4.78, 5) is 11.6. The van der Waals surface area contributed by atoms with E-state index in [1.807, 2.05) is 41.2 Å². The average molecular weight is 322 g/mol. The molecule has 1 heterocycles. The first-order valence-corrected chi connectivity index (χ1v) is 5.99. The van der Waals surface area contributed by atoms with Gasteiger partial charge in [-0.05, 0) is 13.0 Å². The van der Waals surface area contributed by atoms with Crippen molar-refractivity contribution >= 4 is 5.97 Å². The third-order valence-electron chi connectivity index (χ3n) is 2.58. The molecule has 0 N–H and O–H groups in total. The van der Waals surface area contributed by atoms with E-state index in [0.717, 1.165) is 6.54 Å². The maximum Gasteiger partial charge on any atom is 0.344 e. The van der Waals surface area contributed by atoms with Gasteiger partial charge in [0, 0.05) is 11.6 Å². The van der Waals surface area contributed by atoms with E-state index in [2.05, 4.69) is 12.1 Å². The van der Waals surface area contributed by atoms with E-state index in [1.54, 1.807) is 13.0 Å². The van der Waals surface area contributed by atoms with Crippen LogP contribution in [-0.4, -0.2) is 12.6 Å². The van der Waals surface area contributed by atoms with Gasteiger partial charge in [0.1, 0.15) is 5.56 Å². The number of nitrogens with zero attached hydrogens (tertiary/aromatic N) is 1. The number of rotatable bonds is 4. The minimum atomic E-state index is -0.278. The second kappa shape index (κ2) is 7.69. The molecule has 0 bridgehead atoms. The highest BCUT2D eigenvalue weighted by Crippen LogP contribution is 2.00. The lowest BCUT2D eigenvalue weighted by molar-refractivity contribution is -0.688. The Labute approximate surface area is 123 Å². The van der Waals surface area contributed by atoms with Gasteiger partial charge >= 0.3 is 5.97 Å². The summed E-state index contributed by atoms with van der Waals surface area (Å²) < 4.78 is 6.95. The molecule has 0 spiro atoms. The summed E-state index contributed by atoms with van der Waals surface area (Å²) in [5, 5.41) is 0. The van der Waals surface area contributed by atoms with Crippen molar-refractivity contribution in [3.63, 3.8) is 0 Å². The van der Waals surface area contributed by atoms with Crippen molar-refractivity contribution < 1.29 is 31.1 Å². The molecule has 0 atom stereocenters. The summed E-state index contributed by atoms with van der Waals surface area (Å²) in [5.41, 5.74) is 1.78. The summed E-state index contributed by atoms with van der Waals surface area (Å²) in [7, 11) is 0. The number of carbonyl (C=O) groups is 1. The summed E-state index contributed by atoms with van der Waals surface area (Å²) in [6, 6.07) is 13.7. The standard InChI is InChI=1S/C15H16NO2.BrH/c1-2-18-15(17)14-9-6-10-16(12-14)11-13-7-4-3-5-8-13;/h3-10,12H,2,11H2,1H3;1H/q+1;/p-1. The second-order valence-corrected chi connectivity index (χ2v) is 3.97. The lowest BCUT2D eigenvalue weighted by Crippen LogP contribution is -3.00. The lowest BCUT2D eigenvalue weighted by Gasteiger charge is -2.01. The van der Waals surface area contributed by atoms with Crippen molar-refractivity contribution in [3.8, 4) is 0 Å². The van der Waals surface area contributed by atoms with Crippen LogP contribution in [0.15, 0.2) is 54.9 Å². The van der Waals surface area contributed by atoms with E-state index in [4.69, 9.17) is 4.74 Å². The van der Waals surface area contributed by atoms with E-state index >= 15 is 0 Å². The third-order valence-corrected chi connectivity index (χ3v) is 2.58. The number of ether oxygens (including phenoxy) is 1.